The third-order valence-corrected chi connectivity index (χ3v) is 12.6. The van der Waals surface area contributed by atoms with Gasteiger partial charge in [-0.1, -0.05) is 65.5 Å². The van der Waals surface area contributed by atoms with Gasteiger partial charge in [0, 0.05) is 6.42 Å². The van der Waals surface area contributed by atoms with Crippen molar-refractivity contribution in [2.24, 2.45) is 46.3 Å². The first-order valence-electron chi connectivity index (χ1n) is 17.2. The van der Waals surface area contributed by atoms with Gasteiger partial charge in [0.15, 0.2) is 11.5 Å². The van der Waals surface area contributed by atoms with Crippen LogP contribution in [0.2, 0.25) is 0 Å². The molecule has 0 N–H and O–H groups in total. The summed E-state index contributed by atoms with van der Waals surface area (Å²) in [6.07, 6.45) is 16.7. The van der Waals surface area contributed by atoms with Crippen LogP contribution in [0, 0.1) is 46.3 Å². The van der Waals surface area contributed by atoms with Gasteiger partial charge in [0.2, 0.25) is 5.75 Å². The maximum Gasteiger partial charge on any atom is 0.310 e. The lowest BCUT2D eigenvalue weighted by Crippen LogP contribution is -2.51. The number of hydrogen-bond acceptors (Lipinski definition) is 5. The molecule has 0 radical (unpaired) electrons. The molecule has 0 aromatic heterocycles. The summed E-state index contributed by atoms with van der Waals surface area (Å²) in [6.45, 7) is 12.5. The zero-order valence-corrected chi connectivity index (χ0v) is 28.3. The van der Waals surface area contributed by atoms with Crippen LogP contribution >= 0.6 is 0 Å². The molecule has 0 bridgehead atoms. The van der Waals surface area contributed by atoms with Gasteiger partial charge < -0.3 is 18.9 Å². The van der Waals surface area contributed by atoms with Crippen molar-refractivity contribution in [3.05, 3.63) is 29.3 Å². The van der Waals surface area contributed by atoms with E-state index >= 15 is 0 Å². The van der Waals surface area contributed by atoms with E-state index in [1.54, 1.807) is 26.9 Å². The average molecular weight is 595 g/mol. The van der Waals surface area contributed by atoms with E-state index in [0.29, 0.717) is 22.7 Å². The van der Waals surface area contributed by atoms with Crippen LogP contribution in [0.25, 0.3) is 0 Å². The van der Waals surface area contributed by atoms with Gasteiger partial charge in [-0.25, -0.2) is 0 Å². The minimum Gasteiger partial charge on any atom is -0.493 e. The fraction of sp³-hybridized carbons (Fsp3) is 0.763. The third kappa shape index (κ3) is 6.21. The monoisotopic (exact) mass is 594 g/mol. The van der Waals surface area contributed by atoms with Crippen molar-refractivity contribution in [1.82, 2.24) is 0 Å². The van der Waals surface area contributed by atoms with E-state index in [4.69, 9.17) is 18.9 Å². The van der Waals surface area contributed by atoms with Gasteiger partial charge in [0.25, 0.3) is 0 Å². The molecule has 0 aliphatic heterocycles. The largest absolute Gasteiger partial charge is 0.493 e. The second-order valence-corrected chi connectivity index (χ2v) is 15.4. The molecule has 5 heteroatoms. The summed E-state index contributed by atoms with van der Waals surface area (Å²) >= 11 is 0. The Morgan fingerprint density at radius 1 is 0.907 bits per heavy atom. The Bertz CT molecular complexity index is 1150. The van der Waals surface area contributed by atoms with Crippen molar-refractivity contribution < 1.29 is 23.7 Å². The van der Waals surface area contributed by atoms with E-state index in [0.717, 1.165) is 60.3 Å². The van der Waals surface area contributed by atoms with Crippen LogP contribution in [-0.4, -0.2) is 33.4 Å². The van der Waals surface area contributed by atoms with Crippen molar-refractivity contribution >= 4 is 5.97 Å². The highest BCUT2D eigenvalue weighted by molar-refractivity contribution is 5.74. The summed E-state index contributed by atoms with van der Waals surface area (Å²) in [6, 6.07) is 3.67. The molecule has 0 saturated heterocycles. The summed E-state index contributed by atoms with van der Waals surface area (Å²) in [7, 11) is 4.77. The molecule has 240 valence electrons. The molecular formula is C38H58O5. The number of ether oxygens (including phenoxy) is 4. The molecule has 3 saturated carbocycles. The van der Waals surface area contributed by atoms with Crippen LogP contribution < -0.4 is 14.2 Å². The minimum absolute atomic E-state index is 0.0400. The Balaban J connectivity index is 1.22. The zero-order chi connectivity index (χ0) is 30.9. The van der Waals surface area contributed by atoms with Gasteiger partial charge in [-0.2, -0.15) is 0 Å². The van der Waals surface area contributed by atoms with Crippen LogP contribution in [0.3, 0.4) is 0 Å². The Morgan fingerprint density at radius 2 is 1.63 bits per heavy atom. The number of carbonyl (C=O) groups is 1. The number of esters is 1. The normalized spacial score (nSPS) is 34.0. The van der Waals surface area contributed by atoms with Gasteiger partial charge in [-0.15, -0.1) is 0 Å². The van der Waals surface area contributed by atoms with Gasteiger partial charge in [0.05, 0.1) is 27.8 Å². The molecule has 5 nitrogen and oxygen atoms in total. The molecule has 1 aromatic carbocycles. The van der Waals surface area contributed by atoms with Gasteiger partial charge in [-0.3, -0.25) is 4.79 Å². The highest BCUT2D eigenvalue weighted by atomic mass is 16.5. The van der Waals surface area contributed by atoms with Crippen molar-refractivity contribution in [2.45, 2.75) is 118 Å². The Labute approximate surface area is 261 Å². The number of methoxy groups -OCH3 is 3. The molecule has 43 heavy (non-hydrogen) atoms. The number of allylic oxidation sites excluding steroid dienone is 1. The quantitative estimate of drug-likeness (QED) is 0.189. The highest BCUT2D eigenvalue weighted by Crippen LogP contribution is 2.67. The van der Waals surface area contributed by atoms with Crippen molar-refractivity contribution in [3.63, 3.8) is 0 Å². The molecule has 0 heterocycles. The molecule has 0 spiro atoms. The molecule has 8 atom stereocenters. The fourth-order valence-electron chi connectivity index (χ4n) is 10.4. The summed E-state index contributed by atoms with van der Waals surface area (Å²) in [5.74, 6) is 6.47. The molecule has 0 unspecified atom stereocenters. The van der Waals surface area contributed by atoms with Crippen molar-refractivity contribution in [2.75, 3.05) is 21.3 Å². The zero-order valence-electron chi connectivity index (χ0n) is 28.3. The lowest BCUT2D eigenvalue weighted by atomic mass is 9.47. The second kappa shape index (κ2) is 13.1. The van der Waals surface area contributed by atoms with Crippen LogP contribution in [0.15, 0.2) is 23.8 Å². The van der Waals surface area contributed by atoms with E-state index < -0.39 is 0 Å². The first kappa shape index (κ1) is 32.2. The number of benzene rings is 1. The standard InChI is InChI=1S/C38H58O5/c1-24(2)10-9-11-25(3)30-14-15-31-29-13-12-27-23-28(16-18-37(27,4)32(29)17-19-38(30,31)5)43-35(39)22-26-20-33(40-6)36(42-8)34(21-26)41-7/h12,20-21,24-25,28-32H,9-11,13-19,22-23H2,1-8H3/t25-,28+,29+,30-,31-,32+,37+,38-/m1/s1. The molecule has 4 aliphatic carbocycles. The predicted octanol–water partition coefficient (Wildman–Crippen LogP) is 9.21. The summed E-state index contributed by atoms with van der Waals surface area (Å²) < 4.78 is 22.5. The van der Waals surface area contributed by atoms with E-state index in [9.17, 15) is 4.79 Å². The van der Waals surface area contributed by atoms with E-state index in [-0.39, 0.29) is 23.9 Å². The van der Waals surface area contributed by atoms with Crippen molar-refractivity contribution in [1.29, 1.82) is 0 Å². The lowest BCUT2D eigenvalue weighted by molar-refractivity contribution is -0.150. The molecule has 1 aromatic rings. The SMILES string of the molecule is COc1cc(CC(=O)O[C@H]2CC[C@@]3(C)C(=CC[C@H]4[C@H]5CC[C@H]([C@H](C)CCCC(C)C)[C@@]5(C)CC[C@@H]43)C2)cc(OC)c1OC. The third-order valence-electron chi connectivity index (χ3n) is 12.6. The number of carbonyl (C=O) groups excluding carboxylic acids is 1. The van der Waals surface area contributed by atoms with Crippen LogP contribution in [0.4, 0.5) is 0 Å². The van der Waals surface area contributed by atoms with Gasteiger partial charge in [-0.05, 0) is 109 Å². The van der Waals surface area contributed by atoms with Gasteiger partial charge >= 0.3 is 5.97 Å². The average Bonchev–Trinajstić information content (AvgIpc) is 3.33. The van der Waals surface area contributed by atoms with Crippen molar-refractivity contribution in [3.8, 4) is 17.2 Å². The fourth-order valence-corrected chi connectivity index (χ4v) is 10.4. The first-order valence-corrected chi connectivity index (χ1v) is 17.2. The number of fused-ring (bicyclic) bond motifs is 5. The highest BCUT2D eigenvalue weighted by Gasteiger charge is 2.59. The summed E-state index contributed by atoms with van der Waals surface area (Å²) in [5.41, 5.74) is 3.13. The van der Waals surface area contributed by atoms with E-state index in [2.05, 4.69) is 40.7 Å². The molecule has 5 rings (SSSR count). The van der Waals surface area contributed by atoms with Crippen LogP contribution in [-0.2, 0) is 16.0 Å². The Hall–Kier alpha value is -2.17. The summed E-state index contributed by atoms with van der Waals surface area (Å²) in [4.78, 5) is 13.1. The smallest absolute Gasteiger partial charge is 0.310 e. The van der Waals surface area contributed by atoms with Crippen LogP contribution in [0.1, 0.15) is 111 Å². The Kier molecular flexibility index (Phi) is 9.78. The summed E-state index contributed by atoms with van der Waals surface area (Å²) in [5, 5.41) is 0. The minimum atomic E-state index is -0.190. The number of rotatable bonds is 11. The van der Waals surface area contributed by atoms with Gasteiger partial charge in [0.1, 0.15) is 6.10 Å². The molecule has 0 amide bonds. The van der Waals surface area contributed by atoms with E-state index in [1.165, 1.54) is 51.4 Å². The number of hydrogen-bond donors (Lipinski definition) is 0. The Morgan fingerprint density at radius 3 is 2.28 bits per heavy atom. The van der Waals surface area contributed by atoms with Crippen LogP contribution in [0.5, 0.6) is 17.2 Å². The maximum absolute atomic E-state index is 13.1. The second-order valence-electron chi connectivity index (χ2n) is 15.4. The lowest BCUT2D eigenvalue weighted by Gasteiger charge is -2.58. The predicted molar refractivity (Wildman–Crippen MR) is 173 cm³/mol. The molecule has 3 fully saturated rings. The topological polar surface area (TPSA) is 54.0 Å². The molecular weight excluding hydrogens is 536 g/mol. The first-order chi connectivity index (χ1) is 20.5. The molecule has 4 aliphatic rings. The van der Waals surface area contributed by atoms with E-state index in [1.807, 2.05) is 12.1 Å². The maximum atomic E-state index is 13.1.